The molecule has 0 fully saturated rings. The molecule has 7 nitrogen and oxygen atoms in total. The monoisotopic (exact) mass is 477 g/mol. The number of nitrogens with zero attached hydrogens (tertiary/aromatic N) is 2. The number of amides is 3. The molecule has 0 bridgehead atoms. The lowest BCUT2D eigenvalue weighted by Gasteiger charge is -2.32. The number of carbonyl (C=O) groups is 2. The summed E-state index contributed by atoms with van der Waals surface area (Å²) >= 11 is 18.2. The van der Waals surface area contributed by atoms with E-state index < -0.39 is 5.54 Å². The van der Waals surface area contributed by atoms with Gasteiger partial charge in [0.1, 0.15) is 0 Å². The Morgan fingerprint density at radius 3 is 2.32 bits per heavy atom. The zero-order valence-electron chi connectivity index (χ0n) is 16.6. The molecule has 0 radical (unpaired) electrons. The Morgan fingerprint density at radius 2 is 1.68 bits per heavy atom. The third-order valence-electron chi connectivity index (χ3n) is 5.25. The Hall–Kier alpha value is -2.74. The molecule has 31 heavy (non-hydrogen) atoms. The van der Waals surface area contributed by atoms with E-state index in [0.717, 1.165) is 11.3 Å². The number of para-hydroxylation sites is 1. The van der Waals surface area contributed by atoms with E-state index in [9.17, 15) is 9.59 Å². The van der Waals surface area contributed by atoms with Crippen molar-refractivity contribution in [1.82, 2.24) is 15.1 Å². The van der Waals surface area contributed by atoms with Crippen molar-refractivity contribution >= 4 is 58.2 Å². The number of hydrogen-bond donors (Lipinski definition) is 3. The van der Waals surface area contributed by atoms with Gasteiger partial charge in [-0.2, -0.15) is 5.10 Å². The molecule has 0 aliphatic carbocycles. The van der Waals surface area contributed by atoms with Crippen LogP contribution in [0.5, 0.6) is 0 Å². The zero-order valence-corrected chi connectivity index (χ0v) is 18.9. The van der Waals surface area contributed by atoms with Crippen LogP contribution in [0.4, 0.5) is 16.3 Å². The predicted octanol–water partition coefficient (Wildman–Crippen LogP) is 5.91. The van der Waals surface area contributed by atoms with E-state index in [2.05, 4.69) is 20.8 Å². The molecular formula is C21H18Cl3N5O2. The minimum atomic E-state index is -0.705. The number of urea groups is 1. The highest BCUT2D eigenvalue weighted by Crippen LogP contribution is 2.41. The molecule has 2 aromatic carbocycles. The maximum atomic E-state index is 13.1. The summed E-state index contributed by atoms with van der Waals surface area (Å²) in [6.07, 6.45) is 0. The second-order valence-electron chi connectivity index (χ2n) is 7.56. The normalized spacial score (nSPS) is 14.3. The lowest BCUT2D eigenvalue weighted by molar-refractivity contribution is 0.102. The van der Waals surface area contributed by atoms with Gasteiger partial charge in [0, 0.05) is 16.1 Å². The lowest BCUT2D eigenvalue weighted by Crippen LogP contribution is -2.43. The molecule has 0 atom stereocenters. The summed E-state index contributed by atoms with van der Waals surface area (Å²) in [4.78, 5) is 27.3. The van der Waals surface area contributed by atoms with Crippen LogP contribution in [0.3, 0.4) is 0 Å². The summed E-state index contributed by atoms with van der Waals surface area (Å²) in [6, 6.07) is 11.2. The highest BCUT2D eigenvalue weighted by atomic mass is 35.5. The lowest BCUT2D eigenvalue weighted by atomic mass is 10.0. The van der Waals surface area contributed by atoms with Gasteiger partial charge in [-0.25, -0.2) is 4.79 Å². The first kappa shape index (κ1) is 21.5. The fourth-order valence-corrected chi connectivity index (χ4v) is 4.14. The number of halogens is 3. The summed E-state index contributed by atoms with van der Waals surface area (Å²) in [5.74, 6) is 0.0450. The number of hydrogen-bond acceptors (Lipinski definition) is 3. The van der Waals surface area contributed by atoms with Crippen molar-refractivity contribution < 1.29 is 9.59 Å². The highest BCUT2D eigenvalue weighted by molar-refractivity contribution is 6.39. The van der Waals surface area contributed by atoms with Crippen LogP contribution in [0, 0.1) is 0 Å². The van der Waals surface area contributed by atoms with Crippen molar-refractivity contribution in [3.8, 4) is 0 Å². The van der Waals surface area contributed by atoms with Crippen LogP contribution in [-0.4, -0.2) is 27.0 Å². The van der Waals surface area contributed by atoms with Gasteiger partial charge in [0.05, 0.1) is 33.5 Å². The van der Waals surface area contributed by atoms with Gasteiger partial charge in [0.25, 0.3) is 5.91 Å². The Kier molecular flexibility index (Phi) is 5.60. The van der Waals surface area contributed by atoms with E-state index in [-0.39, 0.29) is 18.5 Å². The molecule has 2 heterocycles. The van der Waals surface area contributed by atoms with Crippen molar-refractivity contribution in [1.29, 1.82) is 0 Å². The molecule has 0 unspecified atom stereocenters. The van der Waals surface area contributed by atoms with E-state index in [1.54, 1.807) is 47.4 Å². The fourth-order valence-electron chi connectivity index (χ4n) is 3.52. The van der Waals surface area contributed by atoms with Gasteiger partial charge in [-0.3, -0.25) is 9.89 Å². The summed E-state index contributed by atoms with van der Waals surface area (Å²) in [5.41, 5.74) is 1.55. The van der Waals surface area contributed by atoms with Crippen LogP contribution in [-0.2, 0) is 12.1 Å². The first-order chi connectivity index (χ1) is 14.7. The maximum absolute atomic E-state index is 13.1. The second-order valence-corrected chi connectivity index (χ2v) is 8.81. The quantitative estimate of drug-likeness (QED) is 0.437. The van der Waals surface area contributed by atoms with E-state index >= 15 is 0 Å². The van der Waals surface area contributed by atoms with Crippen molar-refractivity contribution in [2.24, 2.45) is 0 Å². The Labute approximate surface area is 193 Å². The van der Waals surface area contributed by atoms with Crippen LogP contribution in [0.15, 0.2) is 42.5 Å². The molecule has 3 N–H and O–H groups in total. The van der Waals surface area contributed by atoms with Gasteiger partial charge in [-0.15, -0.1) is 0 Å². The topological polar surface area (TPSA) is 90.1 Å². The average molecular weight is 479 g/mol. The molecule has 0 saturated heterocycles. The van der Waals surface area contributed by atoms with Gasteiger partial charge < -0.3 is 15.5 Å². The Balaban J connectivity index is 1.55. The maximum Gasteiger partial charge on any atom is 0.323 e. The molecule has 1 aliphatic heterocycles. The summed E-state index contributed by atoms with van der Waals surface area (Å²) in [6.45, 7) is 4.01. The number of anilines is 2. The van der Waals surface area contributed by atoms with Gasteiger partial charge in [-0.1, -0.05) is 40.9 Å². The van der Waals surface area contributed by atoms with Crippen LogP contribution in [0.2, 0.25) is 15.1 Å². The number of benzene rings is 2. The summed E-state index contributed by atoms with van der Waals surface area (Å²) in [5, 5.41) is 14.0. The van der Waals surface area contributed by atoms with Crippen LogP contribution in [0.1, 0.15) is 35.5 Å². The van der Waals surface area contributed by atoms with Gasteiger partial charge in [-0.05, 0) is 50.2 Å². The first-order valence-electron chi connectivity index (χ1n) is 9.35. The second kappa shape index (κ2) is 8.07. The number of H-pyrrole nitrogens is 1. The molecule has 4 rings (SSSR count). The van der Waals surface area contributed by atoms with Crippen LogP contribution in [0.25, 0.3) is 0 Å². The van der Waals surface area contributed by atoms with Crippen LogP contribution >= 0.6 is 34.8 Å². The fraction of sp³-hybridized carbons (Fsp3) is 0.190. The number of aromatic nitrogens is 2. The number of carbonyl (C=O) groups excluding carboxylic acids is 2. The molecule has 0 spiro atoms. The number of nitrogens with one attached hydrogen (secondary N) is 3. The first-order valence-corrected chi connectivity index (χ1v) is 10.5. The summed E-state index contributed by atoms with van der Waals surface area (Å²) < 4.78 is 0. The molecule has 160 valence electrons. The van der Waals surface area contributed by atoms with E-state index in [4.69, 9.17) is 34.8 Å². The van der Waals surface area contributed by atoms with Crippen molar-refractivity contribution in [2.45, 2.75) is 25.9 Å². The third kappa shape index (κ3) is 3.96. The largest absolute Gasteiger partial charge is 0.323 e. The van der Waals surface area contributed by atoms with Gasteiger partial charge in [0.2, 0.25) is 0 Å². The highest BCUT2D eigenvalue weighted by Gasteiger charge is 2.44. The van der Waals surface area contributed by atoms with E-state index in [1.165, 1.54) is 0 Å². The summed E-state index contributed by atoms with van der Waals surface area (Å²) in [7, 11) is 0. The third-order valence-corrected chi connectivity index (χ3v) is 6.13. The molecular weight excluding hydrogens is 461 g/mol. The van der Waals surface area contributed by atoms with Crippen molar-refractivity contribution in [2.75, 3.05) is 10.6 Å². The minimum absolute atomic E-state index is 0.239. The number of aromatic amines is 1. The molecule has 3 aromatic rings. The smallest absolute Gasteiger partial charge is 0.309 e. The van der Waals surface area contributed by atoms with E-state index in [0.29, 0.717) is 32.1 Å². The SMILES string of the molecule is CC1(C)c2[nH]nc(NC(=O)c3ccc(Cl)cc3)c2CN1C(=O)Nc1c(Cl)cccc1Cl. The number of rotatable bonds is 3. The predicted molar refractivity (Wildman–Crippen MR) is 122 cm³/mol. The molecule has 1 aliphatic rings. The van der Waals surface area contributed by atoms with Gasteiger partial charge in [0.15, 0.2) is 5.82 Å². The van der Waals surface area contributed by atoms with Crippen molar-refractivity contribution in [3.63, 3.8) is 0 Å². The van der Waals surface area contributed by atoms with Crippen molar-refractivity contribution in [3.05, 3.63) is 74.4 Å². The Morgan fingerprint density at radius 1 is 1.03 bits per heavy atom. The molecule has 10 heteroatoms. The standard InChI is InChI=1S/C21H18Cl3N5O2/c1-21(2)17-13(10-29(21)20(31)25-16-14(23)4-3-5-15(16)24)18(28-27-17)26-19(30)11-6-8-12(22)9-7-11/h3-9H,10H2,1-2H3,(H,25,31)(H2,26,27,28,30). The molecule has 1 aromatic heterocycles. The van der Waals surface area contributed by atoms with Crippen LogP contribution < -0.4 is 10.6 Å². The average Bonchev–Trinajstić information content (AvgIpc) is 3.23. The molecule has 0 saturated carbocycles. The zero-order chi connectivity index (χ0) is 22.3. The van der Waals surface area contributed by atoms with Gasteiger partial charge >= 0.3 is 6.03 Å². The minimum Gasteiger partial charge on any atom is -0.309 e. The number of fused-ring (bicyclic) bond motifs is 1. The van der Waals surface area contributed by atoms with E-state index in [1.807, 2.05) is 13.8 Å². The Bertz CT molecular complexity index is 1150. The molecule has 3 amide bonds.